The highest BCUT2D eigenvalue weighted by molar-refractivity contribution is 5.90. The third-order valence-corrected chi connectivity index (χ3v) is 4.36. The number of piperidine rings is 1. The van der Waals surface area contributed by atoms with Gasteiger partial charge in [0.25, 0.3) is 0 Å². The van der Waals surface area contributed by atoms with Crippen molar-refractivity contribution in [1.29, 1.82) is 0 Å². The number of benzene rings is 2. The second-order valence-corrected chi connectivity index (χ2v) is 6.11. The summed E-state index contributed by atoms with van der Waals surface area (Å²) in [6.07, 6.45) is 3.70. The van der Waals surface area contributed by atoms with Gasteiger partial charge < -0.3 is 15.3 Å². The maximum absolute atomic E-state index is 9.41. The minimum atomic E-state index is 0.244. The van der Waals surface area contributed by atoms with Crippen LogP contribution in [0.3, 0.4) is 0 Å². The molecule has 0 atom stereocenters. The van der Waals surface area contributed by atoms with Gasteiger partial charge in [-0.05, 0) is 55.7 Å². The summed E-state index contributed by atoms with van der Waals surface area (Å²) in [7, 11) is 0. The fourth-order valence-electron chi connectivity index (χ4n) is 3.14. The molecule has 3 aromatic rings. The molecule has 1 aliphatic rings. The van der Waals surface area contributed by atoms with Crippen molar-refractivity contribution in [2.45, 2.75) is 19.3 Å². The normalized spacial score (nSPS) is 14.8. The number of para-hydroxylation sites is 1. The lowest BCUT2D eigenvalue weighted by Gasteiger charge is -2.28. The number of phenols is 1. The standard InChI is InChI=1S/C19H20N4O/c24-15-10-8-14(9-11-15)20-19-21-17-7-3-2-6-16(17)18(22-19)23-12-4-1-5-13-23/h2-3,6-11,24H,1,4-5,12-13H2,(H,20,21,22). The number of hydrogen-bond donors (Lipinski definition) is 2. The molecule has 2 heterocycles. The molecule has 5 heteroatoms. The van der Waals surface area contributed by atoms with Crippen molar-refractivity contribution in [2.75, 3.05) is 23.3 Å². The minimum absolute atomic E-state index is 0.244. The zero-order valence-electron chi connectivity index (χ0n) is 13.4. The molecule has 0 unspecified atom stereocenters. The minimum Gasteiger partial charge on any atom is -0.508 e. The van der Waals surface area contributed by atoms with E-state index >= 15 is 0 Å². The topological polar surface area (TPSA) is 61.3 Å². The Morgan fingerprint density at radius 1 is 0.875 bits per heavy atom. The van der Waals surface area contributed by atoms with Gasteiger partial charge in [0.1, 0.15) is 11.6 Å². The van der Waals surface area contributed by atoms with Crippen molar-refractivity contribution in [3.05, 3.63) is 48.5 Å². The van der Waals surface area contributed by atoms with E-state index in [1.165, 1.54) is 19.3 Å². The number of hydrogen-bond acceptors (Lipinski definition) is 5. The van der Waals surface area contributed by atoms with Crippen molar-refractivity contribution in [3.63, 3.8) is 0 Å². The summed E-state index contributed by atoms with van der Waals surface area (Å²) in [5.41, 5.74) is 1.79. The Bertz CT molecular complexity index is 842. The van der Waals surface area contributed by atoms with E-state index in [4.69, 9.17) is 4.98 Å². The van der Waals surface area contributed by atoms with Gasteiger partial charge in [0.2, 0.25) is 5.95 Å². The van der Waals surface area contributed by atoms with Gasteiger partial charge in [0, 0.05) is 24.2 Å². The van der Waals surface area contributed by atoms with Crippen LogP contribution >= 0.6 is 0 Å². The molecule has 2 aromatic carbocycles. The van der Waals surface area contributed by atoms with E-state index in [9.17, 15) is 5.11 Å². The van der Waals surface area contributed by atoms with Crippen LogP contribution < -0.4 is 10.2 Å². The maximum Gasteiger partial charge on any atom is 0.229 e. The molecule has 1 aliphatic heterocycles. The first kappa shape index (κ1) is 14.8. The zero-order chi connectivity index (χ0) is 16.4. The SMILES string of the molecule is Oc1ccc(Nc2nc(N3CCCCC3)c3ccccc3n2)cc1. The highest BCUT2D eigenvalue weighted by Crippen LogP contribution is 2.28. The maximum atomic E-state index is 9.41. The molecule has 0 bridgehead atoms. The van der Waals surface area contributed by atoms with Crippen molar-refractivity contribution in [3.8, 4) is 5.75 Å². The highest BCUT2D eigenvalue weighted by Gasteiger charge is 2.17. The molecular weight excluding hydrogens is 300 g/mol. The third-order valence-electron chi connectivity index (χ3n) is 4.36. The van der Waals surface area contributed by atoms with Gasteiger partial charge in [0.15, 0.2) is 0 Å². The van der Waals surface area contributed by atoms with Crippen molar-refractivity contribution in [2.24, 2.45) is 0 Å². The summed E-state index contributed by atoms with van der Waals surface area (Å²) in [6, 6.07) is 15.1. The molecule has 0 spiro atoms. The second-order valence-electron chi connectivity index (χ2n) is 6.11. The van der Waals surface area contributed by atoms with Crippen molar-refractivity contribution in [1.82, 2.24) is 9.97 Å². The lowest BCUT2D eigenvalue weighted by Crippen LogP contribution is -2.30. The van der Waals surface area contributed by atoms with E-state index in [-0.39, 0.29) is 5.75 Å². The van der Waals surface area contributed by atoms with Gasteiger partial charge in [0.05, 0.1) is 5.52 Å². The van der Waals surface area contributed by atoms with E-state index in [2.05, 4.69) is 21.3 Å². The molecule has 0 saturated carbocycles. The molecule has 0 aliphatic carbocycles. The summed E-state index contributed by atoms with van der Waals surface area (Å²) in [5.74, 6) is 1.83. The molecule has 4 rings (SSSR count). The quantitative estimate of drug-likeness (QED) is 0.712. The average Bonchev–Trinajstić information content (AvgIpc) is 2.64. The van der Waals surface area contributed by atoms with Crippen LogP contribution in [0.2, 0.25) is 0 Å². The molecule has 24 heavy (non-hydrogen) atoms. The molecule has 122 valence electrons. The van der Waals surface area contributed by atoms with E-state index in [1.807, 2.05) is 30.3 Å². The number of nitrogens with zero attached hydrogens (tertiary/aromatic N) is 3. The third kappa shape index (κ3) is 2.97. The predicted octanol–water partition coefficient (Wildman–Crippen LogP) is 4.07. The summed E-state index contributed by atoms with van der Waals surface area (Å²) < 4.78 is 0. The van der Waals surface area contributed by atoms with Crippen LogP contribution in [0.1, 0.15) is 19.3 Å². The Morgan fingerprint density at radius 3 is 2.42 bits per heavy atom. The number of nitrogens with one attached hydrogen (secondary N) is 1. The van der Waals surface area contributed by atoms with Crippen molar-refractivity contribution < 1.29 is 5.11 Å². The molecule has 5 nitrogen and oxygen atoms in total. The first-order chi connectivity index (χ1) is 11.8. The molecular formula is C19H20N4O. The zero-order valence-corrected chi connectivity index (χ0v) is 13.4. The average molecular weight is 320 g/mol. The molecule has 0 amide bonds. The highest BCUT2D eigenvalue weighted by atomic mass is 16.3. The number of rotatable bonds is 3. The van der Waals surface area contributed by atoms with Crippen LogP contribution in [0.4, 0.5) is 17.5 Å². The van der Waals surface area contributed by atoms with Crippen LogP contribution in [0.5, 0.6) is 5.75 Å². The second kappa shape index (κ2) is 6.35. The lowest BCUT2D eigenvalue weighted by atomic mass is 10.1. The van der Waals surface area contributed by atoms with Crippen molar-refractivity contribution >= 4 is 28.4 Å². The van der Waals surface area contributed by atoms with Gasteiger partial charge in [-0.15, -0.1) is 0 Å². The summed E-state index contributed by atoms with van der Waals surface area (Å²) in [5, 5.41) is 13.7. The van der Waals surface area contributed by atoms with Crippen LogP contribution in [-0.4, -0.2) is 28.2 Å². The van der Waals surface area contributed by atoms with Gasteiger partial charge in [-0.3, -0.25) is 0 Å². The van der Waals surface area contributed by atoms with Gasteiger partial charge in [-0.2, -0.15) is 4.98 Å². The first-order valence-corrected chi connectivity index (χ1v) is 8.37. The lowest BCUT2D eigenvalue weighted by molar-refractivity contribution is 0.475. The number of aromatic nitrogens is 2. The molecule has 0 radical (unpaired) electrons. The Balaban J connectivity index is 1.74. The fraction of sp³-hybridized carbons (Fsp3) is 0.263. The number of aromatic hydroxyl groups is 1. The van der Waals surface area contributed by atoms with Crippen LogP contribution in [0.15, 0.2) is 48.5 Å². The predicted molar refractivity (Wildman–Crippen MR) is 97.0 cm³/mol. The number of anilines is 3. The fourth-order valence-corrected chi connectivity index (χ4v) is 3.14. The van der Waals surface area contributed by atoms with E-state index < -0.39 is 0 Å². The molecule has 1 fully saturated rings. The van der Waals surface area contributed by atoms with Gasteiger partial charge >= 0.3 is 0 Å². The Hall–Kier alpha value is -2.82. The Labute approximate surface area is 141 Å². The van der Waals surface area contributed by atoms with Gasteiger partial charge in [-0.1, -0.05) is 12.1 Å². The number of phenolic OH excluding ortho intramolecular Hbond substituents is 1. The number of fused-ring (bicyclic) bond motifs is 1. The molecule has 2 N–H and O–H groups in total. The van der Waals surface area contributed by atoms with E-state index in [1.54, 1.807) is 12.1 Å². The van der Waals surface area contributed by atoms with Crippen LogP contribution in [-0.2, 0) is 0 Å². The van der Waals surface area contributed by atoms with E-state index in [0.717, 1.165) is 35.5 Å². The first-order valence-electron chi connectivity index (χ1n) is 8.37. The van der Waals surface area contributed by atoms with Gasteiger partial charge in [-0.25, -0.2) is 4.98 Å². The monoisotopic (exact) mass is 320 g/mol. The largest absolute Gasteiger partial charge is 0.508 e. The summed E-state index contributed by atoms with van der Waals surface area (Å²) in [6.45, 7) is 2.08. The van der Waals surface area contributed by atoms with E-state index in [0.29, 0.717) is 5.95 Å². The molecule has 1 aromatic heterocycles. The van der Waals surface area contributed by atoms with Crippen LogP contribution in [0.25, 0.3) is 10.9 Å². The smallest absolute Gasteiger partial charge is 0.229 e. The summed E-state index contributed by atoms with van der Waals surface area (Å²) in [4.78, 5) is 11.8. The Morgan fingerprint density at radius 2 is 1.62 bits per heavy atom. The Kier molecular flexibility index (Phi) is 3.91. The van der Waals surface area contributed by atoms with Crippen LogP contribution in [0, 0.1) is 0 Å². The summed E-state index contributed by atoms with van der Waals surface area (Å²) >= 11 is 0. The molecule has 1 saturated heterocycles.